The molecule has 0 amide bonds. The SMILES string of the molecule is C[C@@H](c1ccccc1)[C@H](O)CC(=O)C(C)(C)C. The van der Waals surface area contributed by atoms with Gasteiger partial charge < -0.3 is 5.11 Å². The largest absolute Gasteiger partial charge is 0.392 e. The number of ketones is 1. The van der Waals surface area contributed by atoms with Gasteiger partial charge in [-0.25, -0.2) is 0 Å². The average Bonchev–Trinajstić information content (AvgIpc) is 2.27. The minimum Gasteiger partial charge on any atom is -0.392 e. The van der Waals surface area contributed by atoms with Crippen LogP contribution in [-0.4, -0.2) is 17.0 Å². The van der Waals surface area contributed by atoms with E-state index in [4.69, 9.17) is 0 Å². The smallest absolute Gasteiger partial charge is 0.140 e. The molecule has 2 atom stereocenters. The van der Waals surface area contributed by atoms with Gasteiger partial charge in [-0.15, -0.1) is 0 Å². The molecule has 0 aliphatic carbocycles. The number of carbonyl (C=O) groups is 1. The summed E-state index contributed by atoms with van der Waals surface area (Å²) in [6, 6.07) is 9.81. The molecule has 17 heavy (non-hydrogen) atoms. The molecular weight excluding hydrogens is 212 g/mol. The standard InChI is InChI=1S/C15H22O2/c1-11(12-8-6-5-7-9-12)13(16)10-14(17)15(2,3)4/h5-9,11,13,16H,10H2,1-4H3/t11-,13+/m0/s1. The maximum absolute atomic E-state index is 11.9. The van der Waals surface area contributed by atoms with Crippen molar-refractivity contribution in [3.63, 3.8) is 0 Å². The van der Waals surface area contributed by atoms with Crippen LogP contribution in [0, 0.1) is 5.41 Å². The van der Waals surface area contributed by atoms with Gasteiger partial charge in [0.15, 0.2) is 0 Å². The summed E-state index contributed by atoms with van der Waals surface area (Å²) in [4.78, 5) is 11.9. The zero-order valence-electron chi connectivity index (χ0n) is 11.1. The zero-order chi connectivity index (χ0) is 13.1. The molecule has 0 spiro atoms. The summed E-state index contributed by atoms with van der Waals surface area (Å²) < 4.78 is 0. The first-order valence-corrected chi connectivity index (χ1v) is 6.08. The van der Waals surface area contributed by atoms with Gasteiger partial charge in [0, 0.05) is 17.8 Å². The fourth-order valence-corrected chi connectivity index (χ4v) is 1.65. The quantitative estimate of drug-likeness (QED) is 0.869. The van der Waals surface area contributed by atoms with E-state index in [1.807, 2.05) is 58.0 Å². The van der Waals surface area contributed by atoms with Crippen molar-refractivity contribution in [2.75, 3.05) is 0 Å². The minimum absolute atomic E-state index is 0.0116. The molecule has 0 aromatic heterocycles. The van der Waals surface area contributed by atoms with E-state index in [1.54, 1.807) is 0 Å². The van der Waals surface area contributed by atoms with Crippen LogP contribution in [0.25, 0.3) is 0 Å². The van der Waals surface area contributed by atoms with E-state index < -0.39 is 6.10 Å². The van der Waals surface area contributed by atoms with E-state index in [-0.39, 0.29) is 23.5 Å². The zero-order valence-corrected chi connectivity index (χ0v) is 11.1. The Balaban J connectivity index is 2.66. The Morgan fingerprint density at radius 1 is 1.24 bits per heavy atom. The highest BCUT2D eigenvalue weighted by Gasteiger charge is 2.26. The van der Waals surface area contributed by atoms with Crippen molar-refractivity contribution in [1.29, 1.82) is 0 Å². The van der Waals surface area contributed by atoms with Gasteiger partial charge in [-0.2, -0.15) is 0 Å². The normalized spacial score (nSPS) is 15.4. The lowest BCUT2D eigenvalue weighted by atomic mass is 9.84. The summed E-state index contributed by atoms with van der Waals surface area (Å²) in [5, 5.41) is 10.1. The Hall–Kier alpha value is -1.15. The summed E-state index contributed by atoms with van der Waals surface area (Å²) in [6.45, 7) is 7.61. The molecule has 0 saturated heterocycles. The molecule has 0 saturated carbocycles. The Morgan fingerprint density at radius 2 is 1.76 bits per heavy atom. The molecule has 0 radical (unpaired) electrons. The topological polar surface area (TPSA) is 37.3 Å². The molecule has 0 fully saturated rings. The van der Waals surface area contributed by atoms with Crippen LogP contribution in [0.3, 0.4) is 0 Å². The fourth-order valence-electron chi connectivity index (χ4n) is 1.65. The molecule has 2 heteroatoms. The van der Waals surface area contributed by atoms with Gasteiger partial charge in [0.1, 0.15) is 5.78 Å². The van der Waals surface area contributed by atoms with E-state index in [0.717, 1.165) is 5.56 Å². The predicted octanol–water partition coefficient (Wildman–Crippen LogP) is 3.16. The first kappa shape index (κ1) is 13.9. The lowest BCUT2D eigenvalue weighted by molar-refractivity contribution is -0.128. The highest BCUT2D eigenvalue weighted by Crippen LogP contribution is 2.25. The van der Waals surface area contributed by atoms with Crippen molar-refractivity contribution in [2.24, 2.45) is 5.41 Å². The van der Waals surface area contributed by atoms with E-state index in [2.05, 4.69) is 0 Å². The van der Waals surface area contributed by atoms with Crippen molar-refractivity contribution in [2.45, 2.75) is 46.1 Å². The number of hydrogen-bond donors (Lipinski definition) is 1. The van der Waals surface area contributed by atoms with Crippen LogP contribution in [0.5, 0.6) is 0 Å². The first-order chi connectivity index (χ1) is 7.82. The third-order valence-corrected chi connectivity index (χ3v) is 3.13. The molecule has 1 aromatic rings. The van der Waals surface area contributed by atoms with Gasteiger partial charge in [0.25, 0.3) is 0 Å². The van der Waals surface area contributed by atoms with Crippen LogP contribution >= 0.6 is 0 Å². The Kier molecular flexibility index (Phi) is 4.47. The molecule has 94 valence electrons. The number of benzene rings is 1. The van der Waals surface area contributed by atoms with Crippen molar-refractivity contribution >= 4 is 5.78 Å². The van der Waals surface area contributed by atoms with Crippen LogP contribution in [0.1, 0.15) is 45.6 Å². The second-order valence-electron chi connectivity index (χ2n) is 5.64. The van der Waals surface area contributed by atoms with Gasteiger partial charge in [-0.1, -0.05) is 58.0 Å². The molecular formula is C15H22O2. The summed E-state index contributed by atoms with van der Waals surface area (Å²) in [7, 11) is 0. The van der Waals surface area contributed by atoms with Gasteiger partial charge in [0.05, 0.1) is 6.10 Å². The molecule has 0 aliphatic heterocycles. The van der Waals surface area contributed by atoms with Gasteiger partial charge in [-0.3, -0.25) is 4.79 Å². The Bertz CT molecular complexity index is 362. The maximum atomic E-state index is 11.9. The van der Waals surface area contributed by atoms with Crippen LogP contribution in [0.4, 0.5) is 0 Å². The van der Waals surface area contributed by atoms with Crippen LogP contribution in [-0.2, 0) is 4.79 Å². The Morgan fingerprint density at radius 3 is 2.24 bits per heavy atom. The summed E-state index contributed by atoms with van der Waals surface area (Å²) >= 11 is 0. The Labute approximate surface area is 104 Å². The minimum atomic E-state index is -0.607. The van der Waals surface area contributed by atoms with Crippen molar-refractivity contribution in [3.05, 3.63) is 35.9 Å². The van der Waals surface area contributed by atoms with Gasteiger partial charge in [0.2, 0.25) is 0 Å². The highest BCUT2D eigenvalue weighted by atomic mass is 16.3. The number of Topliss-reactive ketones (excluding diaryl/α,β-unsaturated/α-hetero) is 1. The number of carbonyl (C=O) groups excluding carboxylic acids is 1. The molecule has 0 bridgehead atoms. The van der Waals surface area contributed by atoms with Crippen LogP contribution < -0.4 is 0 Å². The average molecular weight is 234 g/mol. The fraction of sp³-hybridized carbons (Fsp3) is 0.533. The monoisotopic (exact) mass is 234 g/mol. The number of hydrogen-bond acceptors (Lipinski definition) is 2. The van der Waals surface area contributed by atoms with E-state index in [1.165, 1.54) is 0 Å². The van der Waals surface area contributed by atoms with Gasteiger partial charge in [-0.05, 0) is 5.56 Å². The summed E-state index contributed by atoms with van der Waals surface area (Å²) in [5.74, 6) is 0.0929. The van der Waals surface area contributed by atoms with E-state index >= 15 is 0 Å². The second kappa shape index (κ2) is 5.46. The third-order valence-electron chi connectivity index (χ3n) is 3.13. The first-order valence-electron chi connectivity index (χ1n) is 6.08. The van der Waals surface area contributed by atoms with E-state index in [9.17, 15) is 9.90 Å². The van der Waals surface area contributed by atoms with E-state index in [0.29, 0.717) is 0 Å². The second-order valence-corrected chi connectivity index (χ2v) is 5.64. The highest BCUT2D eigenvalue weighted by molar-refractivity contribution is 5.84. The summed E-state index contributed by atoms with van der Waals surface area (Å²) in [5.41, 5.74) is 0.693. The molecule has 0 unspecified atom stereocenters. The molecule has 1 aromatic carbocycles. The molecule has 1 N–H and O–H groups in total. The lowest BCUT2D eigenvalue weighted by Crippen LogP contribution is -2.27. The molecule has 0 heterocycles. The molecule has 2 nitrogen and oxygen atoms in total. The number of rotatable bonds is 4. The summed E-state index contributed by atoms with van der Waals surface area (Å²) in [6.07, 6.45) is -0.386. The van der Waals surface area contributed by atoms with Crippen molar-refractivity contribution < 1.29 is 9.90 Å². The van der Waals surface area contributed by atoms with Crippen LogP contribution in [0.2, 0.25) is 0 Å². The molecule has 0 aliphatic rings. The predicted molar refractivity (Wildman–Crippen MR) is 69.9 cm³/mol. The van der Waals surface area contributed by atoms with Crippen LogP contribution in [0.15, 0.2) is 30.3 Å². The van der Waals surface area contributed by atoms with Crippen molar-refractivity contribution in [1.82, 2.24) is 0 Å². The van der Waals surface area contributed by atoms with Gasteiger partial charge >= 0.3 is 0 Å². The lowest BCUT2D eigenvalue weighted by Gasteiger charge is -2.23. The third kappa shape index (κ3) is 3.97. The maximum Gasteiger partial charge on any atom is 0.140 e. The molecule has 1 rings (SSSR count). The number of aliphatic hydroxyl groups is 1. The van der Waals surface area contributed by atoms with Crippen molar-refractivity contribution in [3.8, 4) is 0 Å². The number of aliphatic hydroxyl groups excluding tert-OH is 1.